The molecule has 7 nitrogen and oxygen atoms in total. The van der Waals surface area contributed by atoms with E-state index in [4.69, 9.17) is 14.5 Å². The number of guanidine groups is 1. The lowest BCUT2D eigenvalue weighted by Crippen LogP contribution is -2.55. The Morgan fingerprint density at radius 3 is 2.48 bits per heavy atom. The Hall–Kier alpha value is -1.62. The molecule has 1 aromatic rings. The van der Waals surface area contributed by atoms with Crippen molar-refractivity contribution in [2.45, 2.75) is 90.3 Å². The van der Waals surface area contributed by atoms with E-state index in [-0.39, 0.29) is 60.6 Å². The molecule has 2 atom stereocenters. The molecule has 0 radical (unpaired) electrons. The van der Waals surface area contributed by atoms with Gasteiger partial charge in [-0.2, -0.15) is 0 Å². The first-order valence-electron chi connectivity index (χ1n) is 11.5. The molecule has 2 N–H and O–H groups in total. The third-order valence-electron chi connectivity index (χ3n) is 5.85. The zero-order chi connectivity index (χ0) is 23.3. The summed E-state index contributed by atoms with van der Waals surface area (Å²) >= 11 is 0. The Kier molecular flexibility index (Phi) is 10.2. The molecule has 1 aromatic carbocycles. The fourth-order valence-corrected chi connectivity index (χ4v) is 4.58. The summed E-state index contributed by atoms with van der Waals surface area (Å²) in [4.78, 5) is 19.3. The van der Waals surface area contributed by atoms with Crippen LogP contribution in [0.1, 0.15) is 64.5 Å². The topological polar surface area (TPSA) is 75.2 Å². The molecule has 2 heterocycles. The highest BCUT2D eigenvalue weighted by Crippen LogP contribution is 2.36. The predicted octanol–water partition coefficient (Wildman–Crippen LogP) is 4.58. The van der Waals surface area contributed by atoms with Crippen molar-refractivity contribution in [1.29, 1.82) is 0 Å². The van der Waals surface area contributed by atoms with Crippen LogP contribution in [0.15, 0.2) is 23.2 Å². The summed E-state index contributed by atoms with van der Waals surface area (Å²) < 4.78 is 24.6. The van der Waals surface area contributed by atoms with Crippen LogP contribution in [0.3, 0.4) is 0 Å². The summed E-state index contributed by atoms with van der Waals surface area (Å²) in [5.74, 6) is 0.470. The highest BCUT2D eigenvalue weighted by molar-refractivity contribution is 14.0. The number of amides is 1. The van der Waals surface area contributed by atoms with Crippen LogP contribution in [0.5, 0.6) is 0 Å². The quantitative estimate of drug-likeness (QED) is 0.295. The van der Waals surface area contributed by atoms with Gasteiger partial charge < -0.3 is 25.0 Å². The average molecular weight is 576 g/mol. The van der Waals surface area contributed by atoms with E-state index in [9.17, 15) is 9.18 Å². The van der Waals surface area contributed by atoms with E-state index < -0.39 is 5.60 Å². The molecule has 0 saturated carbocycles. The molecule has 2 bridgehead atoms. The van der Waals surface area contributed by atoms with Gasteiger partial charge in [-0.25, -0.2) is 14.2 Å². The standard InChI is InChI=1S/C24H37FN4O3.HI/c1-6-26-22(27-14-16-7-10-21(25)17(11-16)15-31-5)28-18-12-19-8-9-20(13-18)29(19)23(30)32-24(2,3)4;/h7,10-11,18-20H,6,8-9,12-15H2,1-5H3,(H2,26,27,28);1H. The molecule has 0 aliphatic carbocycles. The summed E-state index contributed by atoms with van der Waals surface area (Å²) in [6.45, 7) is 9.16. The number of methoxy groups -OCH3 is 1. The van der Waals surface area contributed by atoms with E-state index in [1.165, 1.54) is 6.07 Å². The van der Waals surface area contributed by atoms with E-state index in [1.807, 2.05) is 32.6 Å². The third kappa shape index (κ3) is 7.70. The van der Waals surface area contributed by atoms with Crippen molar-refractivity contribution in [3.8, 4) is 0 Å². The van der Waals surface area contributed by atoms with Gasteiger partial charge in [-0.3, -0.25) is 0 Å². The summed E-state index contributed by atoms with van der Waals surface area (Å²) in [7, 11) is 1.55. The molecule has 3 rings (SSSR count). The summed E-state index contributed by atoms with van der Waals surface area (Å²) in [5.41, 5.74) is 0.972. The van der Waals surface area contributed by atoms with Crippen molar-refractivity contribution in [2.24, 2.45) is 4.99 Å². The fraction of sp³-hybridized carbons (Fsp3) is 0.667. The van der Waals surface area contributed by atoms with Gasteiger partial charge in [-0.05, 0) is 71.1 Å². The molecule has 1 amide bonds. The number of rotatable bonds is 6. The van der Waals surface area contributed by atoms with E-state index in [0.717, 1.165) is 43.8 Å². The smallest absolute Gasteiger partial charge is 0.410 e. The second-order valence-electron chi connectivity index (χ2n) is 9.64. The van der Waals surface area contributed by atoms with Crippen LogP contribution >= 0.6 is 24.0 Å². The molecule has 2 saturated heterocycles. The summed E-state index contributed by atoms with van der Waals surface area (Å²) in [6, 6.07) is 5.63. The van der Waals surface area contributed by atoms with Crippen LogP contribution in [0.25, 0.3) is 0 Å². The largest absolute Gasteiger partial charge is 0.444 e. The van der Waals surface area contributed by atoms with E-state index >= 15 is 0 Å². The Bertz CT molecular complexity index is 816. The van der Waals surface area contributed by atoms with Gasteiger partial charge in [-0.15, -0.1) is 24.0 Å². The Morgan fingerprint density at radius 2 is 1.91 bits per heavy atom. The van der Waals surface area contributed by atoms with Gasteiger partial charge in [0.05, 0.1) is 13.2 Å². The van der Waals surface area contributed by atoms with Crippen LogP contribution in [-0.4, -0.2) is 54.3 Å². The molecular weight excluding hydrogens is 538 g/mol. The normalized spacial score (nSPS) is 22.5. The second-order valence-corrected chi connectivity index (χ2v) is 9.64. The number of carbonyl (C=O) groups is 1. The Balaban J connectivity index is 0.00000385. The molecule has 2 aliphatic rings. The van der Waals surface area contributed by atoms with E-state index in [0.29, 0.717) is 12.1 Å². The molecule has 33 heavy (non-hydrogen) atoms. The first kappa shape index (κ1) is 27.6. The lowest BCUT2D eigenvalue weighted by atomic mass is 9.98. The number of hydrogen-bond donors (Lipinski definition) is 2. The van der Waals surface area contributed by atoms with Crippen molar-refractivity contribution in [3.63, 3.8) is 0 Å². The zero-order valence-electron chi connectivity index (χ0n) is 20.3. The van der Waals surface area contributed by atoms with E-state index in [1.54, 1.807) is 19.2 Å². The maximum atomic E-state index is 13.9. The molecular formula is C24H38FIN4O3. The van der Waals surface area contributed by atoms with Crippen molar-refractivity contribution in [2.75, 3.05) is 13.7 Å². The number of ether oxygens (including phenoxy) is 2. The Morgan fingerprint density at radius 1 is 1.24 bits per heavy atom. The van der Waals surface area contributed by atoms with Crippen LogP contribution in [0.2, 0.25) is 0 Å². The van der Waals surface area contributed by atoms with Crippen molar-refractivity contribution < 1.29 is 18.7 Å². The maximum Gasteiger partial charge on any atom is 0.410 e. The zero-order valence-corrected chi connectivity index (χ0v) is 22.6. The molecule has 9 heteroatoms. The van der Waals surface area contributed by atoms with Crippen LogP contribution in [-0.2, 0) is 22.6 Å². The number of hydrogen-bond acceptors (Lipinski definition) is 4. The van der Waals surface area contributed by atoms with Crippen molar-refractivity contribution >= 4 is 36.0 Å². The molecule has 2 fully saturated rings. The number of benzene rings is 1. The lowest BCUT2D eigenvalue weighted by molar-refractivity contribution is 0.00545. The van der Waals surface area contributed by atoms with Gasteiger partial charge in [0.25, 0.3) is 0 Å². The van der Waals surface area contributed by atoms with Gasteiger partial charge in [0.15, 0.2) is 5.96 Å². The monoisotopic (exact) mass is 576 g/mol. The van der Waals surface area contributed by atoms with Gasteiger partial charge in [-0.1, -0.05) is 6.07 Å². The number of piperidine rings is 1. The first-order valence-corrected chi connectivity index (χ1v) is 11.5. The van der Waals surface area contributed by atoms with E-state index in [2.05, 4.69) is 10.6 Å². The minimum absolute atomic E-state index is 0. The number of carbonyl (C=O) groups excluding carboxylic acids is 1. The number of nitrogens with zero attached hydrogens (tertiary/aromatic N) is 2. The molecule has 2 unspecified atom stereocenters. The SMILES string of the molecule is CCNC(=NCc1ccc(F)c(COC)c1)NC1CC2CCC(C1)N2C(=O)OC(C)(C)C.I. The number of nitrogens with one attached hydrogen (secondary N) is 2. The third-order valence-corrected chi connectivity index (χ3v) is 5.85. The van der Waals surface area contributed by atoms with Crippen LogP contribution in [0.4, 0.5) is 9.18 Å². The molecule has 186 valence electrons. The number of aliphatic imine (C=N–C) groups is 1. The number of halogens is 2. The van der Waals surface area contributed by atoms with Crippen molar-refractivity contribution in [1.82, 2.24) is 15.5 Å². The predicted molar refractivity (Wildman–Crippen MR) is 138 cm³/mol. The maximum absolute atomic E-state index is 13.9. The van der Waals surface area contributed by atoms with Crippen LogP contribution < -0.4 is 10.6 Å². The average Bonchev–Trinajstić information content (AvgIpc) is 2.98. The molecule has 2 aliphatic heterocycles. The minimum atomic E-state index is -0.486. The second kappa shape index (κ2) is 12.2. The Labute approximate surface area is 213 Å². The summed E-state index contributed by atoms with van der Waals surface area (Å²) in [6.07, 6.45) is 3.55. The fourth-order valence-electron chi connectivity index (χ4n) is 4.58. The van der Waals surface area contributed by atoms with Crippen molar-refractivity contribution in [3.05, 3.63) is 35.1 Å². The van der Waals surface area contributed by atoms with Gasteiger partial charge in [0.1, 0.15) is 11.4 Å². The number of fused-ring (bicyclic) bond motifs is 2. The van der Waals surface area contributed by atoms with Gasteiger partial charge in [0.2, 0.25) is 0 Å². The molecule has 0 aromatic heterocycles. The molecule has 0 spiro atoms. The van der Waals surface area contributed by atoms with Crippen LogP contribution in [0, 0.1) is 5.82 Å². The van der Waals surface area contributed by atoms with Gasteiger partial charge in [0, 0.05) is 37.3 Å². The van der Waals surface area contributed by atoms with Gasteiger partial charge >= 0.3 is 6.09 Å². The lowest BCUT2D eigenvalue weighted by Gasteiger charge is -2.40. The summed E-state index contributed by atoms with van der Waals surface area (Å²) in [5, 5.41) is 6.85. The highest BCUT2D eigenvalue weighted by Gasteiger charge is 2.45. The first-order chi connectivity index (χ1) is 15.2. The minimum Gasteiger partial charge on any atom is -0.444 e. The highest BCUT2D eigenvalue weighted by atomic mass is 127.